The number of carbonyl (C=O) groups is 1. The summed E-state index contributed by atoms with van der Waals surface area (Å²) < 4.78 is 19.8. The Morgan fingerprint density at radius 1 is 1.21 bits per heavy atom. The van der Waals surface area contributed by atoms with E-state index in [0.29, 0.717) is 29.8 Å². The van der Waals surface area contributed by atoms with Crippen LogP contribution in [0.25, 0.3) is 11.5 Å². The number of likely N-dealkylation sites (tertiary alicyclic amines) is 1. The molecule has 1 amide bonds. The van der Waals surface area contributed by atoms with E-state index in [1.807, 2.05) is 6.92 Å². The number of carbonyl (C=O) groups excluding carboxylic acids is 1. The number of hydrogen-bond acceptors (Lipinski definition) is 4. The molecule has 1 unspecified atom stereocenters. The minimum absolute atomic E-state index is 0.0314. The molecule has 1 aliphatic heterocycles. The molecule has 2 aromatic rings. The van der Waals surface area contributed by atoms with Crippen LogP contribution in [0, 0.1) is 18.7 Å². The molecular weight excluding hydrogens is 369 g/mol. The first-order chi connectivity index (χ1) is 14.1. The van der Waals surface area contributed by atoms with Crippen LogP contribution in [0.5, 0.6) is 0 Å². The fourth-order valence-corrected chi connectivity index (χ4v) is 4.52. The molecule has 1 aromatic heterocycles. The Kier molecular flexibility index (Phi) is 6.28. The van der Waals surface area contributed by atoms with Crippen molar-refractivity contribution < 1.29 is 13.6 Å². The standard InChI is InChI=1S/C23H30FN3O2/c1-16-21(26-23(29-16)19-11-5-6-12-20(19)24)15-27-13-7-8-17(14-27)22(28)25-18-9-3-2-4-10-18/h5-6,11-12,17-18H,2-4,7-10,13-15H2,1H3,(H,25,28). The lowest BCUT2D eigenvalue weighted by molar-refractivity contribution is -0.127. The summed E-state index contributed by atoms with van der Waals surface area (Å²) in [6.45, 7) is 4.16. The zero-order chi connectivity index (χ0) is 20.2. The lowest BCUT2D eigenvalue weighted by Gasteiger charge is -2.33. The van der Waals surface area contributed by atoms with Gasteiger partial charge in [0.1, 0.15) is 11.6 Å². The second kappa shape index (κ2) is 9.08. The van der Waals surface area contributed by atoms with Crippen molar-refractivity contribution in [1.29, 1.82) is 0 Å². The van der Waals surface area contributed by atoms with E-state index in [1.54, 1.807) is 18.2 Å². The van der Waals surface area contributed by atoms with Crippen LogP contribution in [0.2, 0.25) is 0 Å². The van der Waals surface area contributed by atoms with Gasteiger partial charge >= 0.3 is 0 Å². The summed E-state index contributed by atoms with van der Waals surface area (Å²) in [5.74, 6) is 0.920. The van der Waals surface area contributed by atoms with Crippen LogP contribution in [-0.2, 0) is 11.3 Å². The zero-order valence-electron chi connectivity index (χ0n) is 17.1. The van der Waals surface area contributed by atoms with E-state index in [-0.39, 0.29) is 17.6 Å². The van der Waals surface area contributed by atoms with E-state index >= 15 is 0 Å². The van der Waals surface area contributed by atoms with E-state index in [9.17, 15) is 9.18 Å². The molecule has 29 heavy (non-hydrogen) atoms. The SMILES string of the molecule is Cc1oc(-c2ccccc2F)nc1CN1CCCC(C(=O)NC2CCCCC2)C1. The number of nitrogens with zero attached hydrogens (tertiary/aromatic N) is 2. The highest BCUT2D eigenvalue weighted by Crippen LogP contribution is 2.26. The molecule has 0 bridgehead atoms. The molecular formula is C23H30FN3O2. The molecule has 0 spiro atoms. The Bertz CT molecular complexity index is 844. The highest BCUT2D eigenvalue weighted by molar-refractivity contribution is 5.79. The van der Waals surface area contributed by atoms with Gasteiger partial charge in [-0.3, -0.25) is 9.69 Å². The van der Waals surface area contributed by atoms with Crippen molar-refractivity contribution in [2.24, 2.45) is 5.92 Å². The van der Waals surface area contributed by atoms with Crippen molar-refractivity contribution in [3.8, 4) is 11.5 Å². The fourth-order valence-electron chi connectivity index (χ4n) is 4.52. The topological polar surface area (TPSA) is 58.4 Å². The van der Waals surface area contributed by atoms with E-state index in [2.05, 4.69) is 15.2 Å². The van der Waals surface area contributed by atoms with Gasteiger partial charge in [0.2, 0.25) is 11.8 Å². The molecule has 2 heterocycles. The lowest BCUT2D eigenvalue weighted by atomic mass is 9.93. The lowest BCUT2D eigenvalue weighted by Crippen LogP contribution is -2.46. The highest BCUT2D eigenvalue weighted by Gasteiger charge is 2.28. The largest absolute Gasteiger partial charge is 0.441 e. The molecule has 1 saturated carbocycles. The van der Waals surface area contributed by atoms with Gasteiger partial charge in [0, 0.05) is 19.1 Å². The zero-order valence-corrected chi connectivity index (χ0v) is 17.1. The van der Waals surface area contributed by atoms with Crippen molar-refractivity contribution in [2.45, 2.75) is 64.5 Å². The molecule has 5 nitrogen and oxygen atoms in total. The smallest absolute Gasteiger partial charge is 0.229 e. The molecule has 1 aromatic carbocycles. The van der Waals surface area contributed by atoms with Crippen LogP contribution in [0.4, 0.5) is 4.39 Å². The second-order valence-electron chi connectivity index (χ2n) is 8.42. The van der Waals surface area contributed by atoms with E-state index in [4.69, 9.17) is 4.42 Å². The van der Waals surface area contributed by atoms with Crippen LogP contribution < -0.4 is 5.32 Å². The van der Waals surface area contributed by atoms with Crippen molar-refractivity contribution in [3.63, 3.8) is 0 Å². The van der Waals surface area contributed by atoms with Crippen LogP contribution >= 0.6 is 0 Å². The fraction of sp³-hybridized carbons (Fsp3) is 0.565. The third-order valence-electron chi connectivity index (χ3n) is 6.20. The van der Waals surface area contributed by atoms with Gasteiger partial charge in [-0.05, 0) is 51.3 Å². The number of rotatable bonds is 5. The number of halogens is 1. The van der Waals surface area contributed by atoms with Gasteiger partial charge in [-0.15, -0.1) is 0 Å². The van der Waals surface area contributed by atoms with Gasteiger partial charge in [0.05, 0.1) is 17.2 Å². The van der Waals surface area contributed by atoms with Crippen LogP contribution in [0.3, 0.4) is 0 Å². The first kappa shape index (κ1) is 20.1. The van der Waals surface area contributed by atoms with Gasteiger partial charge in [-0.25, -0.2) is 9.37 Å². The Morgan fingerprint density at radius 3 is 2.79 bits per heavy atom. The number of nitrogens with one attached hydrogen (secondary N) is 1. The summed E-state index contributed by atoms with van der Waals surface area (Å²) in [6.07, 6.45) is 7.88. The Hall–Kier alpha value is -2.21. The third kappa shape index (κ3) is 4.86. The number of hydrogen-bond donors (Lipinski definition) is 1. The van der Waals surface area contributed by atoms with Crippen molar-refractivity contribution in [1.82, 2.24) is 15.2 Å². The predicted molar refractivity (Wildman–Crippen MR) is 110 cm³/mol. The summed E-state index contributed by atoms with van der Waals surface area (Å²) in [7, 11) is 0. The number of aromatic nitrogens is 1. The van der Waals surface area contributed by atoms with Gasteiger partial charge in [0.25, 0.3) is 0 Å². The maximum absolute atomic E-state index is 14.1. The highest BCUT2D eigenvalue weighted by atomic mass is 19.1. The van der Waals surface area contributed by atoms with Gasteiger partial charge < -0.3 is 9.73 Å². The minimum atomic E-state index is -0.335. The van der Waals surface area contributed by atoms with E-state index < -0.39 is 0 Å². The van der Waals surface area contributed by atoms with Crippen molar-refractivity contribution in [2.75, 3.05) is 13.1 Å². The van der Waals surface area contributed by atoms with Gasteiger partial charge in [0.15, 0.2) is 0 Å². The summed E-state index contributed by atoms with van der Waals surface area (Å²) in [4.78, 5) is 19.6. The summed E-state index contributed by atoms with van der Waals surface area (Å²) in [6, 6.07) is 6.87. The molecule has 156 valence electrons. The molecule has 0 radical (unpaired) electrons. The number of oxazole rings is 1. The maximum atomic E-state index is 14.1. The molecule has 2 aliphatic rings. The molecule has 6 heteroatoms. The number of piperidine rings is 1. The molecule has 1 aliphatic carbocycles. The molecule has 1 N–H and O–H groups in total. The molecule has 1 atom stereocenters. The first-order valence-corrected chi connectivity index (χ1v) is 10.8. The van der Waals surface area contributed by atoms with Crippen LogP contribution in [0.1, 0.15) is 56.4 Å². The molecule has 1 saturated heterocycles. The van der Waals surface area contributed by atoms with Crippen LogP contribution in [0.15, 0.2) is 28.7 Å². The summed E-state index contributed by atoms with van der Waals surface area (Å²) in [5.41, 5.74) is 1.20. The number of amides is 1. The average Bonchev–Trinajstić information content (AvgIpc) is 3.09. The van der Waals surface area contributed by atoms with Crippen molar-refractivity contribution in [3.05, 3.63) is 41.5 Å². The minimum Gasteiger partial charge on any atom is -0.441 e. The van der Waals surface area contributed by atoms with Gasteiger partial charge in [-0.2, -0.15) is 0 Å². The Labute approximate surface area is 171 Å². The maximum Gasteiger partial charge on any atom is 0.229 e. The molecule has 2 fully saturated rings. The van der Waals surface area contributed by atoms with E-state index in [0.717, 1.165) is 44.5 Å². The second-order valence-corrected chi connectivity index (χ2v) is 8.42. The normalized spacial score (nSPS) is 21.2. The average molecular weight is 400 g/mol. The number of aryl methyl sites for hydroxylation is 1. The summed E-state index contributed by atoms with van der Waals surface area (Å²) >= 11 is 0. The monoisotopic (exact) mass is 399 g/mol. The Balaban J connectivity index is 1.38. The van der Waals surface area contributed by atoms with Crippen molar-refractivity contribution >= 4 is 5.91 Å². The van der Waals surface area contributed by atoms with Crippen LogP contribution in [-0.4, -0.2) is 34.9 Å². The summed E-state index contributed by atoms with van der Waals surface area (Å²) in [5, 5.41) is 3.27. The van der Waals surface area contributed by atoms with Gasteiger partial charge in [-0.1, -0.05) is 31.4 Å². The Morgan fingerprint density at radius 2 is 2.00 bits per heavy atom. The number of benzene rings is 1. The molecule has 4 rings (SSSR count). The van der Waals surface area contributed by atoms with E-state index in [1.165, 1.54) is 25.3 Å². The first-order valence-electron chi connectivity index (χ1n) is 10.8. The third-order valence-corrected chi connectivity index (χ3v) is 6.20. The quantitative estimate of drug-likeness (QED) is 0.807. The predicted octanol–water partition coefficient (Wildman–Crippen LogP) is 4.45.